The van der Waals surface area contributed by atoms with Crippen molar-refractivity contribution in [2.45, 2.75) is 13.8 Å². The van der Waals surface area contributed by atoms with Crippen LogP contribution in [0.4, 0.5) is 0 Å². The van der Waals surface area contributed by atoms with Gasteiger partial charge in [-0.15, -0.1) is 0 Å². The summed E-state index contributed by atoms with van der Waals surface area (Å²) in [6.45, 7) is 4.41. The second-order valence-electron chi connectivity index (χ2n) is 8.95. The fourth-order valence-electron chi connectivity index (χ4n) is 5.47. The Morgan fingerprint density at radius 2 is 1.42 bits per heavy atom. The normalized spacial score (nSPS) is 13.1. The molecule has 1 aromatic heterocycles. The van der Waals surface area contributed by atoms with Crippen LogP contribution in [0.2, 0.25) is 0 Å². The minimum absolute atomic E-state index is 0.0696. The van der Waals surface area contributed by atoms with E-state index >= 15 is 0 Å². The van der Waals surface area contributed by atoms with E-state index in [-0.39, 0.29) is 6.71 Å². The first-order chi connectivity index (χ1) is 16.1. The Kier molecular flexibility index (Phi) is 3.67. The van der Waals surface area contributed by atoms with Crippen LogP contribution in [0.25, 0.3) is 16.7 Å². The number of hydrogen-bond acceptors (Lipinski definition) is 2. The van der Waals surface area contributed by atoms with Crippen LogP contribution in [0.5, 0.6) is 23.0 Å². The maximum Gasteiger partial charge on any atom is 0.260 e. The Hall–Kier alpha value is -3.99. The summed E-state index contributed by atoms with van der Waals surface area (Å²) in [6, 6.07) is 27.5. The van der Waals surface area contributed by atoms with Gasteiger partial charge in [0, 0.05) is 18.5 Å². The number of ether oxygens (including phenoxy) is 2. The third-order valence-corrected chi connectivity index (χ3v) is 7.17. The molecule has 2 aliphatic heterocycles. The van der Waals surface area contributed by atoms with Gasteiger partial charge in [0.1, 0.15) is 28.7 Å². The fourth-order valence-corrected chi connectivity index (χ4v) is 5.47. The summed E-state index contributed by atoms with van der Waals surface area (Å²) in [5.74, 6) is 4.74. The highest BCUT2D eigenvalue weighted by Crippen LogP contribution is 2.35. The van der Waals surface area contributed by atoms with Crippen molar-refractivity contribution < 1.29 is 14.0 Å². The Morgan fingerprint density at radius 3 is 2.24 bits per heavy atom. The highest BCUT2D eigenvalue weighted by molar-refractivity contribution is 6.98. The van der Waals surface area contributed by atoms with Gasteiger partial charge in [-0.05, 0) is 53.7 Å². The maximum absolute atomic E-state index is 6.48. The molecule has 0 aliphatic carbocycles. The highest BCUT2D eigenvalue weighted by atomic mass is 16.5. The van der Waals surface area contributed by atoms with Crippen LogP contribution in [0.15, 0.2) is 78.9 Å². The van der Waals surface area contributed by atoms with Crippen molar-refractivity contribution >= 4 is 34.1 Å². The molecule has 0 saturated heterocycles. The summed E-state index contributed by atoms with van der Waals surface area (Å²) < 4.78 is 17.4. The molecule has 0 atom stereocenters. The molecule has 7 rings (SSSR count). The van der Waals surface area contributed by atoms with Crippen LogP contribution in [0.1, 0.15) is 11.4 Å². The van der Waals surface area contributed by atoms with Gasteiger partial charge in [-0.1, -0.05) is 42.5 Å². The van der Waals surface area contributed by atoms with E-state index in [1.165, 1.54) is 33.5 Å². The van der Waals surface area contributed by atoms with E-state index in [1.54, 1.807) is 0 Å². The average Bonchev–Trinajstić information content (AvgIpc) is 3.07. The lowest BCUT2D eigenvalue weighted by Crippen LogP contribution is -2.57. The number of imidazole rings is 1. The monoisotopic (exact) mass is 429 g/mol. The van der Waals surface area contributed by atoms with Crippen molar-refractivity contribution in [3.63, 3.8) is 0 Å². The molecule has 5 heteroatoms. The molecule has 0 amide bonds. The molecule has 0 unspecified atom stereocenters. The molecular weight excluding hydrogens is 407 g/mol. The molecule has 0 saturated carbocycles. The number of para-hydroxylation sites is 2. The summed E-state index contributed by atoms with van der Waals surface area (Å²) in [4.78, 5) is 0. The van der Waals surface area contributed by atoms with Gasteiger partial charge in [-0.2, -0.15) is 4.57 Å². The van der Waals surface area contributed by atoms with Crippen LogP contribution < -0.4 is 30.4 Å². The molecule has 0 N–H and O–H groups in total. The van der Waals surface area contributed by atoms with Crippen molar-refractivity contribution in [2.75, 3.05) is 0 Å². The largest absolute Gasteiger partial charge is 0.458 e. The van der Waals surface area contributed by atoms with E-state index in [0.29, 0.717) is 0 Å². The smallest absolute Gasteiger partial charge is 0.260 e. The standard InChI is InChI=1S/C28H22BN2O2/c1-17-9-4-6-11-21(17)31-18(2)30(3)22-16-27-20(15-23(22)31)29-19-10-5-7-12-24(19)32-25-13-8-14-26(33-27)28(25)29/h4-16H,1-3H3/q+1. The first kappa shape index (κ1) is 18.6. The molecule has 0 spiro atoms. The van der Waals surface area contributed by atoms with Crippen LogP contribution in [0, 0.1) is 13.8 Å². The predicted molar refractivity (Wildman–Crippen MR) is 132 cm³/mol. The molecule has 0 bridgehead atoms. The number of nitrogens with zero attached hydrogens (tertiary/aromatic N) is 2. The molecule has 0 fully saturated rings. The Balaban J connectivity index is 1.56. The van der Waals surface area contributed by atoms with Crippen molar-refractivity contribution in [1.82, 2.24) is 4.57 Å². The van der Waals surface area contributed by atoms with E-state index in [2.05, 4.69) is 84.6 Å². The van der Waals surface area contributed by atoms with Gasteiger partial charge in [0.05, 0.1) is 7.05 Å². The third-order valence-electron chi connectivity index (χ3n) is 7.17. The first-order valence-corrected chi connectivity index (χ1v) is 11.3. The van der Waals surface area contributed by atoms with E-state index in [0.717, 1.165) is 34.0 Å². The van der Waals surface area contributed by atoms with Gasteiger partial charge in [-0.25, -0.2) is 4.57 Å². The Labute approximate surface area is 192 Å². The zero-order valence-corrected chi connectivity index (χ0v) is 18.8. The summed E-state index contributed by atoms with van der Waals surface area (Å²) >= 11 is 0. The number of aryl methyl sites for hydroxylation is 2. The van der Waals surface area contributed by atoms with E-state index in [9.17, 15) is 0 Å². The van der Waals surface area contributed by atoms with Crippen LogP contribution >= 0.6 is 0 Å². The number of benzene rings is 4. The second-order valence-corrected chi connectivity index (χ2v) is 8.95. The topological polar surface area (TPSA) is 27.3 Å². The molecule has 33 heavy (non-hydrogen) atoms. The molecule has 4 aromatic carbocycles. The summed E-state index contributed by atoms with van der Waals surface area (Å²) in [7, 11) is 2.12. The van der Waals surface area contributed by atoms with Gasteiger partial charge < -0.3 is 9.47 Å². The van der Waals surface area contributed by atoms with Crippen LogP contribution in [0.3, 0.4) is 0 Å². The van der Waals surface area contributed by atoms with Gasteiger partial charge >= 0.3 is 0 Å². The predicted octanol–water partition coefficient (Wildman–Crippen LogP) is 3.80. The van der Waals surface area contributed by atoms with Crippen molar-refractivity contribution in [1.29, 1.82) is 0 Å². The van der Waals surface area contributed by atoms with E-state index in [4.69, 9.17) is 9.47 Å². The summed E-state index contributed by atoms with van der Waals surface area (Å²) in [6.07, 6.45) is 0. The van der Waals surface area contributed by atoms with Gasteiger partial charge in [0.25, 0.3) is 12.5 Å². The van der Waals surface area contributed by atoms with Crippen LogP contribution in [-0.2, 0) is 7.05 Å². The average molecular weight is 429 g/mol. The van der Waals surface area contributed by atoms with E-state index in [1.807, 2.05) is 24.3 Å². The lowest BCUT2D eigenvalue weighted by atomic mass is 9.35. The van der Waals surface area contributed by atoms with Gasteiger partial charge in [0.15, 0.2) is 11.0 Å². The van der Waals surface area contributed by atoms with Crippen molar-refractivity contribution in [2.24, 2.45) is 7.05 Å². The number of fused-ring (bicyclic) bond motifs is 5. The molecule has 4 nitrogen and oxygen atoms in total. The number of aromatic nitrogens is 2. The fraction of sp³-hybridized carbons (Fsp3) is 0.107. The quantitative estimate of drug-likeness (QED) is 0.293. The van der Waals surface area contributed by atoms with Gasteiger partial charge in [0.2, 0.25) is 0 Å². The minimum Gasteiger partial charge on any atom is -0.458 e. The SMILES string of the molecule is Cc1ccccc1-n1c(C)[n+](C)c2cc3c(cc21)B1c2ccccc2Oc2cccc(c21)O3. The Bertz CT molecular complexity index is 1620. The highest BCUT2D eigenvalue weighted by Gasteiger charge is 2.41. The third kappa shape index (κ3) is 2.45. The summed E-state index contributed by atoms with van der Waals surface area (Å²) in [5.41, 5.74) is 8.23. The lowest BCUT2D eigenvalue weighted by molar-refractivity contribution is -0.652. The van der Waals surface area contributed by atoms with Crippen molar-refractivity contribution in [3.05, 3.63) is 90.3 Å². The molecule has 0 radical (unpaired) electrons. The minimum atomic E-state index is 0.0696. The lowest BCUT2D eigenvalue weighted by Gasteiger charge is -2.32. The zero-order chi connectivity index (χ0) is 22.3. The maximum atomic E-state index is 6.48. The van der Waals surface area contributed by atoms with Crippen LogP contribution in [-0.4, -0.2) is 11.3 Å². The first-order valence-electron chi connectivity index (χ1n) is 11.3. The molecule has 2 aliphatic rings. The molecule has 158 valence electrons. The number of hydrogen-bond donors (Lipinski definition) is 0. The number of rotatable bonds is 1. The molecule has 5 aromatic rings. The zero-order valence-electron chi connectivity index (χ0n) is 18.8. The second kappa shape index (κ2) is 6.52. The van der Waals surface area contributed by atoms with Crippen molar-refractivity contribution in [3.8, 4) is 28.7 Å². The molecule has 3 heterocycles. The Morgan fingerprint density at radius 1 is 0.727 bits per heavy atom. The summed E-state index contributed by atoms with van der Waals surface area (Å²) in [5, 5.41) is 0. The molecular formula is C28H22BN2O2+. The van der Waals surface area contributed by atoms with Gasteiger partial charge in [-0.3, -0.25) is 0 Å². The van der Waals surface area contributed by atoms with E-state index < -0.39 is 0 Å².